The summed E-state index contributed by atoms with van der Waals surface area (Å²) in [6, 6.07) is 4.55. The molecule has 0 aromatic heterocycles. The van der Waals surface area contributed by atoms with Crippen LogP contribution >= 0.6 is 0 Å². The fourth-order valence-corrected chi connectivity index (χ4v) is 3.10. The summed E-state index contributed by atoms with van der Waals surface area (Å²) in [4.78, 5) is 11.5. The lowest BCUT2D eigenvalue weighted by Gasteiger charge is -2.23. The number of anilines is 1. The Bertz CT molecular complexity index is 550. The van der Waals surface area contributed by atoms with Gasteiger partial charge in [0, 0.05) is 5.56 Å². The third-order valence-electron chi connectivity index (χ3n) is 2.67. The minimum absolute atomic E-state index is 0.0751. The van der Waals surface area contributed by atoms with Gasteiger partial charge in [0.15, 0.2) is 9.84 Å². The van der Waals surface area contributed by atoms with Gasteiger partial charge in [-0.25, -0.2) is 8.42 Å². The first-order chi connectivity index (χ1) is 7.48. The Hall–Kier alpha value is -1.40. The number of carbonyl (C=O) groups is 1. The lowest BCUT2D eigenvalue weighted by atomic mass is 10.2. The van der Waals surface area contributed by atoms with Gasteiger partial charge in [0.25, 0.3) is 0 Å². The molecule has 1 aromatic rings. The average molecular weight is 241 g/mol. The summed E-state index contributed by atoms with van der Waals surface area (Å²) < 4.78 is 23.9. The number of aliphatic hydroxyl groups excluding tert-OH is 1. The van der Waals surface area contributed by atoms with Gasteiger partial charge in [-0.05, 0) is 13.0 Å². The van der Waals surface area contributed by atoms with Crippen molar-refractivity contribution in [2.45, 2.75) is 23.7 Å². The smallest absolute Gasteiger partial charge is 0.242 e. The molecule has 16 heavy (non-hydrogen) atoms. The maximum atomic E-state index is 11.9. The largest absolute Gasteiger partial charge is 0.392 e. The topological polar surface area (TPSA) is 83.5 Å². The molecule has 0 spiro atoms. The normalized spacial score (nSPS) is 22.4. The highest BCUT2D eigenvalue weighted by Gasteiger charge is 2.37. The fourth-order valence-electron chi connectivity index (χ4n) is 1.64. The number of rotatable bonds is 1. The Labute approximate surface area is 93.0 Å². The summed E-state index contributed by atoms with van der Waals surface area (Å²) >= 11 is 0. The van der Waals surface area contributed by atoms with Crippen LogP contribution in [0.25, 0.3) is 0 Å². The molecule has 86 valence electrons. The standard InChI is InChI=1S/C10H11NO4S/c1-6-10(13)11-9-7(5-12)3-2-4-8(9)16(6,14)15/h2-4,6,12H,5H2,1H3,(H,11,13). The van der Waals surface area contributed by atoms with E-state index in [1.165, 1.54) is 13.0 Å². The molecular weight excluding hydrogens is 230 g/mol. The monoisotopic (exact) mass is 241 g/mol. The molecule has 1 unspecified atom stereocenters. The van der Waals surface area contributed by atoms with E-state index in [0.717, 1.165) is 0 Å². The third-order valence-corrected chi connectivity index (χ3v) is 4.77. The molecule has 0 saturated carbocycles. The van der Waals surface area contributed by atoms with Crippen molar-refractivity contribution in [3.05, 3.63) is 23.8 Å². The van der Waals surface area contributed by atoms with Gasteiger partial charge in [-0.3, -0.25) is 4.79 Å². The minimum Gasteiger partial charge on any atom is -0.392 e. The SMILES string of the molecule is CC1C(=O)Nc2c(CO)cccc2S1(=O)=O. The predicted octanol–water partition coefficient (Wildman–Crippen LogP) is 0.293. The van der Waals surface area contributed by atoms with E-state index in [9.17, 15) is 13.2 Å². The van der Waals surface area contributed by atoms with Crippen molar-refractivity contribution in [3.63, 3.8) is 0 Å². The van der Waals surface area contributed by atoms with Crippen LogP contribution < -0.4 is 5.32 Å². The number of hydrogen-bond acceptors (Lipinski definition) is 4. The van der Waals surface area contributed by atoms with Crippen molar-refractivity contribution < 1.29 is 18.3 Å². The van der Waals surface area contributed by atoms with E-state index in [0.29, 0.717) is 5.56 Å². The lowest BCUT2D eigenvalue weighted by Crippen LogP contribution is -2.38. The molecule has 2 rings (SSSR count). The molecule has 0 fully saturated rings. The number of nitrogens with one attached hydrogen (secondary N) is 1. The van der Waals surface area contributed by atoms with Gasteiger partial charge in [0.2, 0.25) is 5.91 Å². The maximum absolute atomic E-state index is 11.9. The summed E-state index contributed by atoms with van der Waals surface area (Å²) in [5, 5.41) is 10.5. The Morgan fingerprint density at radius 1 is 1.44 bits per heavy atom. The van der Waals surface area contributed by atoms with Gasteiger partial charge in [0.05, 0.1) is 17.2 Å². The van der Waals surface area contributed by atoms with Crippen LogP contribution in [-0.2, 0) is 21.2 Å². The minimum atomic E-state index is -3.63. The van der Waals surface area contributed by atoms with E-state index in [-0.39, 0.29) is 17.2 Å². The molecule has 1 aliphatic rings. The molecule has 1 aromatic carbocycles. The average Bonchev–Trinajstić information content (AvgIpc) is 2.26. The molecule has 1 heterocycles. The second kappa shape index (κ2) is 3.57. The van der Waals surface area contributed by atoms with E-state index < -0.39 is 21.0 Å². The molecule has 1 aliphatic heterocycles. The lowest BCUT2D eigenvalue weighted by molar-refractivity contribution is -0.115. The fraction of sp³-hybridized carbons (Fsp3) is 0.300. The van der Waals surface area contributed by atoms with E-state index in [2.05, 4.69) is 5.32 Å². The number of fused-ring (bicyclic) bond motifs is 1. The van der Waals surface area contributed by atoms with Crippen molar-refractivity contribution in [2.75, 3.05) is 5.32 Å². The number of hydrogen-bond donors (Lipinski definition) is 2. The van der Waals surface area contributed by atoms with Gasteiger partial charge in [0.1, 0.15) is 5.25 Å². The molecule has 5 nitrogen and oxygen atoms in total. The summed E-state index contributed by atoms with van der Waals surface area (Å²) in [5.74, 6) is -0.562. The van der Waals surface area contributed by atoms with Crippen molar-refractivity contribution in [3.8, 4) is 0 Å². The summed E-state index contributed by atoms with van der Waals surface area (Å²) in [7, 11) is -3.63. The van der Waals surface area contributed by atoms with Crippen molar-refractivity contribution >= 4 is 21.4 Å². The molecule has 6 heteroatoms. The number of sulfone groups is 1. The zero-order valence-corrected chi connectivity index (χ0v) is 9.41. The number of benzene rings is 1. The van der Waals surface area contributed by atoms with Gasteiger partial charge in [-0.15, -0.1) is 0 Å². The van der Waals surface area contributed by atoms with Crippen LogP contribution in [0.5, 0.6) is 0 Å². The van der Waals surface area contributed by atoms with Crippen molar-refractivity contribution in [1.29, 1.82) is 0 Å². The van der Waals surface area contributed by atoms with E-state index in [4.69, 9.17) is 5.11 Å². The highest BCUT2D eigenvalue weighted by molar-refractivity contribution is 7.93. The quantitative estimate of drug-likeness (QED) is 0.740. The van der Waals surface area contributed by atoms with E-state index in [1.54, 1.807) is 12.1 Å². The Kier molecular flexibility index (Phi) is 2.47. The number of para-hydroxylation sites is 1. The summed E-state index contributed by atoms with van der Waals surface area (Å²) in [5.41, 5.74) is 0.606. The van der Waals surface area contributed by atoms with Gasteiger partial charge in [-0.1, -0.05) is 12.1 Å². The first-order valence-corrected chi connectivity index (χ1v) is 6.30. The van der Waals surface area contributed by atoms with Crippen molar-refractivity contribution in [2.24, 2.45) is 0 Å². The van der Waals surface area contributed by atoms with Crippen LogP contribution in [-0.4, -0.2) is 24.7 Å². The molecule has 1 amide bonds. The van der Waals surface area contributed by atoms with Crippen LogP contribution in [0.2, 0.25) is 0 Å². The molecular formula is C10H11NO4S. The number of aliphatic hydroxyl groups is 1. The zero-order chi connectivity index (χ0) is 11.9. The van der Waals surface area contributed by atoms with Crippen LogP contribution in [0.4, 0.5) is 5.69 Å². The van der Waals surface area contributed by atoms with Crippen LogP contribution in [0.15, 0.2) is 23.1 Å². The van der Waals surface area contributed by atoms with Crippen molar-refractivity contribution in [1.82, 2.24) is 0 Å². The molecule has 2 N–H and O–H groups in total. The summed E-state index contributed by atoms with van der Waals surface area (Å²) in [6.07, 6.45) is 0. The Balaban J connectivity index is 2.74. The van der Waals surface area contributed by atoms with Crippen LogP contribution in [0.3, 0.4) is 0 Å². The number of amides is 1. The first-order valence-electron chi connectivity index (χ1n) is 4.76. The van der Waals surface area contributed by atoms with E-state index >= 15 is 0 Å². The van der Waals surface area contributed by atoms with Gasteiger partial charge < -0.3 is 10.4 Å². The molecule has 0 aliphatic carbocycles. The third kappa shape index (κ3) is 1.42. The Morgan fingerprint density at radius 2 is 2.12 bits per heavy atom. The van der Waals surface area contributed by atoms with Crippen LogP contribution in [0.1, 0.15) is 12.5 Å². The molecule has 0 bridgehead atoms. The van der Waals surface area contributed by atoms with Gasteiger partial charge in [-0.2, -0.15) is 0 Å². The molecule has 0 saturated heterocycles. The highest BCUT2D eigenvalue weighted by Crippen LogP contribution is 2.32. The predicted molar refractivity (Wildman–Crippen MR) is 57.6 cm³/mol. The first kappa shape index (κ1) is 11.1. The zero-order valence-electron chi connectivity index (χ0n) is 8.60. The van der Waals surface area contributed by atoms with E-state index in [1.807, 2.05) is 0 Å². The molecule has 1 atom stereocenters. The highest BCUT2D eigenvalue weighted by atomic mass is 32.2. The van der Waals surface area contributed by atoms with Gasteiger partial charge >= 0.3 is 0 Å². The maximum Gasteiger partial charge on any atom is 0.242 e. The van der Waals surface area contributed by atoms with Crippen LogP contribution in [0, 0.1) is 0 Å². The Morgan fingerprint density at radius 3 is 2.75 bits per heavy atom. The summed E-state index contributed by atoms with van der Waals surface area (Å²) in [6.45, 7) is 1.03. The number of carbonyl (C=O) groups excluding carboxylic acids is 1. The second-order valence-electron chi connectivity index (χ2n) is 3.62. The molecule has 0 radical (unpaired) electrons. The second-order valence-corrected chi connectivity index (χ2v) is 5.86.